The maximum Gasteiger partial charge on any atom is 0.203 e. The predicted octanol–water partition coefficient (Wildman–Crippen LogP) is 3.29. The molecule has 0 atom stereocenters. The zero-order chi connectivity index (χ0) is 22.9. The van der Waals surface area contributed by atoms with Gasteiger partial charge in [-0.1, -0.05) is 23.4 Å². The van der Waals surface area contributed by atoms with Crippen LogP contribution in [0.2, 0.25) is 0 Å². The molecule has 0 unspecified atom stereocenters. The van der Waals surface area contributed by atoms with Crippen LogP contribution < -0.4 is 5.43 Å². The quantitative estimate of drug-likeness (QED) is 0.414. The van der Waals surface area contributed by atoms with E-state index in [1.165, 1.54) is 6.07 Å². The van der Waals surface area contributed by atoms with E-state index >= 15 is 0 Å². The van der Waals surface area contributed by atoms with Crippen molar-refractivity contribution in [3.63, 3.8) is 0 Å². The molecule has 0 aliphatic carbocycles. The molecule has 0 fully saturated rings. The summed E-state index contributed by atoms with van der Waals surface area (Å²) in [5.41, 5.74) is 5.51. The highest BCUT2D eigenvalue weighted by atomic mass is 16.5. The maximum absolute atomic E-state index is 12.4. The lowest BCUT2D eigenvalue weighted by atomic mass is 10.0. The van der Waals surface area contributed by atoms with Gasteiger partial charge >= 0.3 is 0 Å². The Balaban J connectivity index is 1.42. The van der Waals surface area contributed by atoms with Gasteiger partial charge in [0.15, 0.2) is 5.82 Å². The van der Waals surface area contributed by atoms with E-state index in [9.17, 15) is 4.79 Å². The largest absolute Gasteiger partial charge is 0.361 e. The van der Waals surface area contributed by atoms with Gasteiger partial charge in [0, 0.05) is 49.3 Å². The molecule has 0 spiro atoms. The third kappa shape index (κ3) is 4.08. The van der Waals surface area contributed by atoms with Crippen molar-refractivity contribution in [1.82, 2.24) is 34.7 Å². The van der Waals surface area contributed by atoms with Gasteiger partial charge in [0.25, 0.3) is 0 Å². The van der Waals surface area contributed by atoms with Crippen LogP contribution in [0.5, 0.6) is 0 Å². The number of hydrogen-bond donors (Lipinski definition) is 0. The van der Waals surface area contributed by atoms with Gasteiger partial charge < -0.3 is 4.52 Å². The van der Waals surface area contributed by atoms with Crippen LogP contribution in [0.25, 0.3) is 28.2 Å². The fraction of sp³-hybridized carbons (Fsp3) is 0.167. The topological polar surface area (TPSA) is 105 Å². The lowest BCUT2D eigenvalue weighted by Crippen LogP contribution is -2.16. The molecule has 0 saturated heterocycles. The highest BCUT2D eigenvalue weighted by Crippen LogP contribution is 2.26. The van der Waals surface area contributed by atoms with E-state index in [2.05, 4.69) is 25.3 Å². The van der Waals surface area contributed by atoms with Gasteiger partial charge in [0.1, 0.15) is 17.1 Å². The molecule has 0 aliphatic heterocycles. The minimum Gasteiger partial charge on any atom is -0.361 e. The van der Waals surface area contributed by atoms with Gasteiger partial charge in [0.05, 0.1) is 23.7 Å². The fourth-order valence-corrected chi connectivity index (χ4v) is 3.76. The van der Waals surface area contributed by atoms with Crippen LogP contribution in [0.3, 0.4) is 0 Å². The van der Waals surface area contributed by atoms with Crippen LogP contribution in [0.1, 0.15) is 22.7 Å². The van der Waals surface area contributed by atoms with E-state index in [0.29, 0.717) is 17.9 Å². The van der Waals surface area contributed by atoms with E-state index in [-0.39, 0.29) is 5.43 Å². The van der Waals surface area contributed by atoms with Gasteiger partial charge in [-0.3, -0.25) is 9.48 Å². The zero-order valence-electron chi connectivity index (χ0n) is 18.4. The van der Waals surface area contributed by atoms with E-state index in [0.717, 1.165) is 39.4 Å². The van der Waals surface area contributed by atoms with Gasteiger partial charge in [-0.05, 0) is 25.5 Å². The number of aromatic nitrogens is 7. The molecule has 33 heavy (non-hydrogen) atoms. The highest BCUT2D eigenvalue weighted by Gasteiger charge is 2.13. The summed E-state index contributed by atoms with van der Waals surface area (Å²) in [4.78, 5) is 21.5. The Morgan fingerprint density at radius 1 is 1.03 bits per heavy atom. The minimum absolute atomic E-state index is 0.111. The predicted molar refractivity (Wildman–Crippen MR) is 122 cm³/mol. The first-order chi connectivity index (χ1) is 16.0. The molecular weight excluding hydrogens is 418 g/mol. The number of nitrogens with zero attached hydrogens (tertiary/aromatic N) is 7. The van der Waals surface area contributed by atoms with E-state index in [1.807, 2.05) is 51.4 Å². The molecule has 0 radical (unpaired) electrons. The lowest BCUT2D eigenvalue weighted by molar-refractivity contribution is 0.393. The van der Waals surface area contributed by atoms with Crippen molar-refractivity contribution >= 4 is 0 Å². The van der Waals surface area contributed by atoms with Crippen LogP contribution in [0.4, 0.5) is 0 Å². The first-order valence-corrected chi connectivity index (χ1v) is 10.4. The summed E-state index contributed by atoms with van der Waals surface area (Å²) in [6.07, 6.45) is 9.12. The highest BCUT2D eigenvalue weighted by molar-refractivity contribution is 5.67. The molecule has 5 aromatic rings. The zero-order valence-corrected chi connectivity index (χ0v) is 18.4. The van der Waals surface area contributed by atoms with Gasteiger partial charge in [-0.25, -0.2) is 14.6 Å². The molecule has 4 heterocycles. The van der Waals surface area contributed by atoms with Crippen molar-refractivity contribution in [3.8, 4) is 28.2 Å². The molecule has 0 bridgehead atoms. The van der Waals surface area contributed by atoms with Crippen LogP contribution in [-0.4, -0.2) is 34.7 Å². The molecule has 0 aliphatic rings. The Kier molecular flexibility index (Phi) is 5.14. The second-order valence-corrected chi connectivity index (χ2v) is 7.82. The van der Waals surface area contributed by atoms with Crippen molar-refractivity contribution in [2.24, 2.45) is 7.05 Å². The second kappa shape index (κ2) is 8.27. The average molecular weight is 439 g/mol. The maximum atomic E-state index is 12.4. The van der Waals surface area contributed by atoms with Crippen LogP contribution >= 0.6 is 0 Å². The molecule has 5 rings (SSSR count). The van der Waals surface area contributed by atoms with Crippen molar-refractivity contribution < 1.29 is 4.52 Å². The number of benzene rings is 1. The second-order valence-electron chi connectivity index (χ2n) is 7.82. The Morgan fingerprint density at radius 2 is 1.85 bits per heavy atom. The molecule has 9 nitrogen and oxygen atoms in total. The average Bonchev–Trinajstić information content (AvgIpc) is 3.40. The molecule has 164 valence electrons. The number of hydrogen-bond acceptors (Lipinski definition) is 7. The Bertz CT molecular complexity index is 1480. The van der Waals surface area contributed by atoms with Crippen LogP contribution in [-0.2, 0) is 13.5 Å². The third-order valence-corrected chi connectivity index (χ3v) is 5.37. The molecule has 1 aromatic carbocycles. The van der Waals surface area contributed by atoms with Gasteiger partial charge in [-0.15, -0.1) is 0 Å². The first-order valence-electron chi connectivity index (χ1n) is 10.4. The Hall–Kier alpha value is -4.40. The summed E-state index contributed by atoms with van der Waals surface area (Å²) in [7, 11) is 1.83. The smallest absolute Gasteiger partial charge is 0.203 e. The minimum atomic E-state index is -0.111. The van der Waals surface area contributed by atoms with Crippen molar-refractivity contribution in [2.75, 3.05) is 0 Å². The van der Waals surface area contributed by atoms with E-state index in [1.54, 1.807) is 34.2 Å². The van der Waals surface area contributed by atoms with Crippen molar-refractivity contribution in [2.45, 2.75) is 20.3 Å². The first kappa shape index (κ1) is 20.5. The van der Waals surface area contributed by atoms with Crippen molar-refractivity contribution in [3.05, 3.63) is 94.3 Å². The summed E-state index contributed by atoms with van der Waals surface area (Å²) in [5, 5.41) is 12.7. The molecule has 9 heteroatoms. The lowest BCUT2D eigenvalue weighted by Gasteiger charge is -2.07. The molecule has 0 saturated carbocycles. The number of aryl methyl sites for hydroxylation is 3. The van der Waals surface area contributed by atoms with Gasteiger partial charge in [-0.2, -0.15) is 10.2 Å². The Labute approximate surface area is 189 Å². The summed E-state index contributed by atoms with van der Waals surface area (Å²) in [6.45, 7) is 3.76. The van der Waals surface area contributed by atoms with Crippen molar-refractivity contribution in [1.29, 1.82) is 0 Å². The monoisotopic (exact) mass is 439 g/mol. The summed E-state index contributed by atoms with van der Waals surface area (Å²) >= 11 is 0. The molecular formula is C24H21N7O2. The molecule has 0 N–H and O–H groups in total. The van der Waals surface area contributed by atoms with E-state index in [4.69, 9.17) is 4.52 Å². The fourth-order valence-electron chi connectivity index (χ4n) is 3.76. The third-order valence-electron chi connectivity index (χ3n) is 5.37. The SMILES string of the molecule is Cc1noc(C)c1-c1cnc(-c2cccc(Cc3nn(-c4cnn(C)c4)ccc3=O)c2)nc1. The van der Waals surface area contributed by atoms with Crippen LogP contribution in [0.15, 0.2) is 70.6 Å². The van der Waals surface area contributed by atoms with Crippen LogP contribution in [0, 0.1) is 13.8 Å². The number of rotatable bonds is 5. The summed E-state index contributed by atoms with van der Waals surface area (Å²) < 4.78 is 8.59. The molecule has 4 aromatic heterocycles. The summed E-state index contributed by atoms with van der Waals surface area (Å²) in [5.74, 6) is 1.33. The molecule has 0 amide bonds. The van der Waals surface area contributed by atoms with E-state index < -0.39 is 0 Å². The normalized spacial score (nSPS) is 11.1. The van der Waals surface area contributed by atoms with Gasteiger partial charge in [0.2, 0.25) is 5.43 Å². The standard InChI is InChI=1S/C24H21N7O2/c1-15-23(16(2)33-29-15)19-11-25-24(26-12-19)18-6-4-5-17(9-18)10-21-22(32)7-8-31(28-21)20-13-27-30(3)14-20/h4-9,11-14H,10H2,1-3H3. The Morgan fingerprint density at radius 3 is 2.55 bits per heavy atom. The summed E-state index contributed by atoms with van der Waals surface area (Å²) in [6, 6.07) is 9.34.